The van der Waals surface area contributed by atoms with Crippen LogP contribution in [0, 0.1) is 71.5 Å². The second-order valence-corrected chi connectivity index (χ2v) is 7.93. The normalized spacial score (nSPS) is 9.47. The van der Waals surface area contributed by atoms with Crippen molar-refractivity contribution in [2.45, 2.75) is 96.5 Å². The van der Waals surface area contributed by atoms with Crippen molar-refractivity contribution >= 4 is 11.9 Å². The minimum absolute atomic E-state index is 0.277. The van der Waals surface area contributed by atoms with Gasteiger partial charge in [-0.05, 0) is 65.6 Å². The van der Waals surface area contributed by atoms with Gasteiger partial charge in [-0.2, -0.15) is 0 Å². The number of hydrogen-bond donors (Lipinski definition) is 1. The third-order valence-electron chi connectivity index (χ3n) is 4.87. The van der Waals surface area contributed by atoms with Gasteiger partial charge >= 0.3 is 11.9 Å². The summed E-state index contributed by atoms with van der Waals surface area (Å²) < 4.78 is 10.0. The molecule has 0 saturated heterocycles. The first-order valence-corrected chi connectivity index (χ1v) is 12.6. The topological polar surface area (TPSA) is 72.8 Å². The van der Waals surface area contributed by atoms with E-state index in [1.807, 2.05) is 0 Å². The first kappa shape index (κ1) is 32.3. The summed E-state index contributed by atoms with van der Waals surface area (Å²) in [5.41, 5.74) is 0. The fourth-order valence-electron chi connectivity index (χ4n) is 3.02. The summed E-state index contributed by atoms with van der Waals surface area (Å²) in [7, 11) is 0. The maximum Gasteiger partial charge on any atom is 0.385 e. The molecule has 0 amide bonds. The van der Waals surface area contributed by atoms with E-state index in [-0.39, 0.29) is 13.0 Å². The summed E-state index contributed by atoms with van der Waals surface area (Å²) >= 11 is 0. The molecule has 0 heterocycles. The molecule has 0 aliphatic heterocycles. The Labute approximate surface area is 217 Å². The monoisotopic (exact) mass is 488 g/mol. The highest BCUT2D eigenvalue weighted by molar-refractivity contribution is 5.89. The number of carbonyl (C=O) groups is 2. The lowest BCUT2D eigenvalue weighted by Gasteiger charge is -2.14. The van der Waals surface area contributed by atoms with Crippen molar-refractivity contribution < 1.29 is 24.2 Å². The van der Waals surface area contributed by atoms with Gasteiger partial charge in [-0.15, -0.1) is 6.42 Å². The molecule has 1 atom stereocenters. The maximum absolute atomic E-state index is 12.0. The highest BCUT2D eigenvalue weighted by Crippen LogP contribution is 2.12. The molecule has 0 aromatic carbocycles. The largest absolute Gasteiger partial charge is 0.456 e. The van der Waals surface area contributed by atoms with E-state index in [0.717, 1.165) is 19.3 Å². The first-order chi connectivity index (χ1) is 17.6. The molecule has 5 heteroatoms. The molecule has 0 unspecified atom stereocenters. The van der Waals surface area contributed by atoms with Crippen LogP contribution in [0.5, 0.6) is 0 Å². The molecular formula is C31H36O5. The third-order valence-corrected chi connectivity index (χ3v) is 4.87. The average Bonchev–Trinajstić information content (AvgIpc) is 2.88. The van der Waals surface area contributed by atoms with Crippen molar-refractivity contribution in [2.24, 2.45) is 0 Å². The zero-order valence-corrected chi connectivity index (χ0v) is 21.3. The molecule has 0 aliphatic carbocycles. The van der Waals surface area contributed by atoms with E-state index in [1.54, 1.807) is 0 Å². The van der Waals surface area contributed by atoms with Gasteiger partial charge in [-0.25, -0.2) is 4.79 Å². The first-order valence-electron chi connectivity index (χ1n) is 12.6. The van der Waals surface area contributed by atoms with Gasteiger partial charge in [0.2, 0.25) is 0 Å². The van der Waals surface area contributed by atoms with Crippen LogP contribution >= 0.6 is 0 Å². The number of aliphatic hydroxyl groups is 1. The number of hydrogen-bond acceptors (Lipinski definition) is 5. The molecule has 190 valence electrons. The Morgan fingerprint density at radius 2 is 1.19 bits per heavy atom. The van der Waals surface area contributed by atoms with E-state index in [4.69, 9.17) is 15.9 Å². The average molecular weight is 489 g/mol. The molecule has 1 N–H and O–H groups in total. The summed E-state index contributed by atoms with van der Waals surface area (Å²) in [6.45, 7) is 1.50. The number of unbranched alkanes of at least 4 members (excludes halogenated alkanes) is 11. The smallest absolute Gasteiger partial charge is 0.385 e. The Kier molecular flexibility index (Phi) is 23.2. The minimum atomic E-state index is -0.923. The quantitative estimate of drug-likeness (QED) is 0.144. The number of rotatable bonds is 17. The van der Waals surface area contributed by atoms with Crippen LogP contribution in [0.3, 0.4) is 0 Å². The van der Waals surface area contributed by atoms with Crippen LogP contribution < -0.4 is 0 Å². The van der Waals surface area contributed by atoms with Gasteiger partial charge in [-0.3, -0.25) is 4.79 Å². The lowest BCUT2D eigenvalue weighted by atomic mass is 10.0. The summed E-state index contributed by atoms with van der Waals surface area (Å²) in [5.74, 6) is 24.4. The fraction of sp³-hybridized carbons (Fsp3) is 0.548. The van der Waals surface area contributed by atoms with Crippen molar-refractivity contribution in [3.63, 3.8) is 0 Å². The Balaban J connectivity index is 3.95. The van der Waals surface area contributed by atoms with Crippen molar-refractivity contribution in [3.05, 3.63) is 0 Å². The molecule has 0 radical (unpaired) electrons. The third kappa shape index (κ3) is 23.4. The van der Waals surface area contributed by atoms with Gasteiger partial charge in [0.25, 0.3) is 0 Å². The molecule has 36 heavy (non-hydrogen) atoms. The molecule has 0 bridgehead atoms. The maximum atomic E-state index is 12.0. The minimum Gasteiger partial charge on any atom is -0.456 e. The number of aliphatic hydroxyl groups excluding tert-OH is 1. The Hall–Kier alpha value is -3.74. The van der Waals surface area contributed by atoms with Gasteiger partial charge in [0.1, 0.15) is 6.61 Å². The molecule has 5 nitrogen and oxygen atoms in total. The van der Waals surface area contributed by atoms with E-state index >= 15 is 0 Å². The molecule has 0 fully saturated rings. The van der Waals surface area contributed by atoms with Crippen LogP contribution in [0.25, 0.3) is 0 Å². The Bertz CT molecular complexity index is 990. The SMILES string of the molecule is C#CC#CC#CC#CC#CC#CC(=O)OC[C@H](CO)OC(=O)CCCCCCCCCCCCCC. The number of carbonyl (C=O) groups excluding carboxylic acids is 2. The van der Waals surface area contributed by atoms with Crippen LogP contribution in [-0.4, -0.2) is 36.4 Å². The number of esters is 2. The standard InChI is InChI=1S/C31H36O5/c1-3-5-7-9-11-13-15-16-18-20-22-24-26-31(34)36-29(27-32)28-35-30(33)25-23-21-19-17-14-12-10-8-6-4-2/h2,29,32H,3,5,7,9,11,13,15-16,18,20,22,24,26-28H2,1H3/t29-/m0/s1. The van der Waals surface area contributed by atoms with Crippen LogP contribution in [0.2, 0.25) is 0 Å². The molecule has 0 saturated carbocycles. The van der Waals surface area contributed by atoms with Crippen molar-refractivity contribution in [3.8, 4) is 71.5 Å². The zero-order valence-electron chi connectivity index (χ0n) is 21.3. The van der Waals surface area contributed by atoms with Crippen molar-refractivity contribution in [2.75, 3.05) is 13.2 Å². The molecule has 0 rings (SSSR count). The lowest BCUT2D eigenvalue weighted by Crippen LogP contribution is -2.28. The molecule has 0 aromatic heterocycles. The second-order valence-electron chi connectivity index (χ2n) is 7.93. The molecule has 0 aromatic rings. The van der Waals surface area contributed by atoms with E-state index in [0.29, 0.717) is 0 Å². The number of ether oxygens (including phenoxy) is 2. The van der Waals surface area contributed by atoms with Gasteiger partial charge in [0, 0.05) is 12.3 Å². The van der Waals surface area contributed by atoms with Crippen molar-refractivity contribution in [1.29, 1.82) is 0 Å². The molecule has 0 aliphatic rings. The predicted molar refractivity (Wildman–Crippen MR) is 141 cm³/mol. The van der Waals surface area contributed by atoms with E-state index < -0.39 is 24.6 Å². The highest BCUT2D eigenvalue weighted by Gasteiger charge is 2.15. The van der Waals surface area contributed by atoms with E-state index in [2.05, 4.69) is 72.0 Å². The Morgan fingerprint density at radius 1 is 0.722 bits per heavy atom. The summed E-state index contributed by atoms with van der Waals surface area (Å²) in [6, 6.07) is 0. The summed E-state index contributed by atoms with van der Waals surface area (Å²) in [4.78, 5) is 23.6. The van der Waals surface area contributed by atoms with Crippen LogP contribution in [0.1, 0.15) is 90.4 Å². The Morgan fingerprint density at radius 3 is 1.69 bits per heavy atom. The zero-order chi connectivity index (χ0) is 26.5. The van der Waals surface area contributed by atoms with Crippen LogP contribution in [0.15, 0.2) is 0 Å². The molecule has 0 spiro atoms. The fourth-order valence-corrected chi connectivity index (χ4v) is 3.02. The van der Waals surface area contributed by atoms with Crippen LogP contribution in [0.4, 0.5) is 0 Å². The van der Waals surface area contributed by atoms with E-state index in [9.17, 15) is 14.7 Å². The van der Waals surface area contributed by atoms with E-state index in [1.165, 1.54) is 57.8 Å². The van der Waals surface area contributed by atoms with Gasteiger partial charge in [0.15, 0.2) is 6.10 Å². The summed E-state index contributed by atoms with van der Waals surface area (Å²) in [6.07, 6.45) is 18.8. The predicted octanol–water partition coefficient (Wildman–Crippen LogP) is 4.18. The molecular weight excluding hydrogens is 452 g/mol. The number of terminal acetylenes is 1. The van der Waals surface area contributed by atoms with Gasteiger partial charge in [-0.1, -0.05) is 77.6 Å². The van der Waals surface area contributed by atoms with Crippen LogP contribution in [-0.2, 0) is 19.1 Å². The van der Waals surface area contributed by atoms with Gasteiger partial charge < -0.3 is 14.6 Å². The summed E-state index contributed by atoms with van der Waals surface area (Å²) in [5, 5.41) is 9.35. The second kappa shape index (κ2) is 25.9. The lowest BCUT2D eigenvalue weighted by molar-refractivity contribution is -0.159. The van der Waals surface area contributed by atoms with Crippen molar-refractivity contribution in [1.82, 2.24) is 0 Å². The van der Waals surface area contributed by atoms with Gasteiger partial charge in [0.05, 0.1) is 6.61 Å². The highest BCUT2D eigenvalue weighted by atomic mass is 16.6.